The zero-order valence-corrected chi connectivity index (χ0v) is 17.1. The Morgan fingerprint density at radius 3 is 2.68 bits per heavy atom. The molecule has 3 aromatic rings. The van der Waals surface area contributed by atoms with Crippen molar-refractivity contribution >= 4 is 0 Å². The van der Waals surface area contributed by atoms with Gasteiger partial charge >= 0.3 is 0 Å². The van der Waals surface area contributed by atoms with Gasteiger partial charge in [0, 0.05) is 11.6 Å². The number of nitrogens with two attached hydrogens (primary N) is 1. The summed E-state index contributed by atoms with van der Waals surface area (Å²) in [5.41, 5.74) is 9.11. The van der Waals surface area contributed by atoms with Crippen molar-refractivity contribution in [1.82, 2.24) is 10.2 Å². The second-order valence-corrected chi connectivity index (χ2v) is 7.54. The summed E-state index contributed by atoms with van der Waals surface area (Å²) in [6.07, 6.45) is 3.96. The standard InChI is InChI=1S/C24H24N4O3/c25-11-10-16-4-7-18(8-5-16)20-9-6-17(14-26)12-23(20)30-19-13-24(28-27-15-19)31-22-3-1-2-21(22)29/h4-9,12-13,15,21-22,29H,1-3,10-11,25H2/t21-,22-/m0/s1. The first-order valence-corrected chi connectivity index (χ1v) is 10.3. The lowest BCUT2D eigenvalue weighted by atomic mass is 10.0. The molecule has 0 saturated heterocycles. The van der Waals surface area contributed by atoms with Crippen LogP contribution in [0, 0.1) is 11.3 Å². The van der Waals surface area contributed by atoms with Crippen LogP contribution in [-0.4, -0.2) is 34.1 Å². The van der Waals surface area contributed by atoms with E-state index >= 15 is 0 Å². The van der Waals surface area contributed by atoms with Crippen molar-refractivity contribution in [2.45, 2.75) is 37.9 Å². The van der Waals surface area contributed by atoms with Crippen molar-refractivity contribution < 1.29 is 14.6 Å². The Labute approximate surface area is 181 Å². The molecule has 7 nitrogen and oxygen atoms in total. The van der Waals surface area contributed by atoms with Crippen molar-refractivity contribution in [3.05, 3.63) is 65.9 Å². The smallest absolute Gasteiger partial charge is 0.237 e. The van der Waals surface area contributed by atoms with Gasteiger partial charge in [-0.25, -0.2) is 0 Å². The number of benzene rings is 2. The second kappa shape index (κ2) is 9.56. The Bertz CT molecular complexity index is 1080. The molecule has 1 fully saturated rings. The third-order valence-electron chi connectivity index (χ3n) is 5.33. The Balaban J connectivity index is 1.60. The Hall–Kier alpha value is -3.47. The molecule has 158 valence electrons. The van der Waals surface area contributed by atoms with Gasteiger partial charge in [0.15, 0.2) is 5.75 Å². The number of nitrogens with zero attached hydrogens (tertiary/aromatic N) is 3. The number of hydrogen-bond donors (Lipinski definition) is 2. The Kier molecular flexibility index (Phi) is 6.41. The molecule has 7 heteroatoms. The van der Waals surface area contributed by atoms with Gasteiger partial charge in [0.2, 0.25) is 5.88 Å². The molecule has 0 aliphatic heterocycles. The number of hydrogen-bond acceptors (Lipinski definition) is 7. The molecule has 1 heterocycles. The molecular formula is C24H24N4O3. The Morgan fingerprint density at radius 1 is 1.13 bits per heavy atom. The molecule has 1 aliphatic rings. The van der Waals surface area contributed by atoms with E-state index in [0.29, 0.717) is 29.5 Å². The summed E-state index contributed by atoms with van der Waals surface area (Å²) in [6, 6.07) is 17.2. The molecule has 2 aromatic carbocycles. The van der Waals surface area contributed by atoms with Crippen LogP contribution in [0.3, 0.4) is 0 Å². The Morgan fingerprint density at radius 2 is 1.97 bits per heavy atom. The fraction of sp³-hybridized carbons (Fsp3) is 0.292. The summed E-state index contributed by atoms with van der Waals surface area (Å²) < 4.78 is 11.9. The van der Waals surface area contributed by atoms with E-state index in [4.69, 9.17) is 15.2 Å². The molecule has 0 unspecified atom stereocenters. The minimum atomic E-state index is -0.493. The highest BCUT2D eigenvalue weighted by Crippen LogP contribution is 2.35. The van der Waals surface area contributed by atoms with Crippen LogP contribution in [0.15, 0.2) is 54.7 Å². The van der Waals surface area contributed by atoms with Crippen LogP contribution in [0.5, 0.6) is 17.4 Å². The lowest BCUT2D eigenvalue weighted by Gasteiger charge is -2.16. The van der Waals surface area contributed by atoms with E-state index in [1.807, 2.05) is 30.3 Å². The second-order valence-electron chi connectivity index (χ2n) is 7.54. The zero-order chi connectivity index (χ0) is 21.6. The highest BCUT2D eigenvalue weighted by atomic mass is 16.5. The summed E-state index contributed by atoms with van der Waals surface area (Å²) in [5.74, 6) is 1.27. The quantitative estimate of drug-likeness (QED) is 0.605. The van der Waals surface area contributed by atoms with Gasteiger partial charge in [0.1, 0.15) is 11.9 Å². The lowest BCUT2D eigenvalue weighted by molar-refractivity contribution is 0.0566. The SMILES string of the molecule is N#Cc1ccc(-c2ccc(CCN)cc2)c(Oc2cnnc(O[C@H]3CCC[C@@H]3O)c2)c1. The van der Waals surface area contributed by atoms with Crippen LogP contribution in [0.25, 0.3) is 11.1 Å². The maximum atomic E-state index is 9.99. The van der Waals surface area contributed by atoms with E-state index in [2.05, 4.69) is 16.3 Å². The number of aliphatic hydroxyl groups is 1. The van der Waals surface area contributed by atoms with E-state index in [9.17, 15) is 10.4 Å². The molecule has 0 radical (unpaired) electrons. The molecule has 0 spiro atoms. The average molecular weight is 416 g/mol. The first kappa shape index (κ1) is 20.8. The minimum absolute atomic E-state index is 0.283. The number of nitriles is 1. The number of aromatic nitrogens is 2. The minimum Gasteiger partial charge on any atom is -0.470 e. The third-order valence-corrected chi connectivity index (χ3v) is 5.33. The van der Waals surface area contributed by atoms with Crippen LogP contribution in [0.1, 0.15) is 30.4 Å². The summed E-state index contributed by atoms with van der Waals surface area (Å²) in [6.45, 7) is 0.599. The van der Waals surface area contributed by atoms with E-state index in [1.165, 1.54) is 6.20 Å². The fourth-order valence-electron chi connectivity index (χ4n) is 3.70. The summed E-state index contributed by atoms with van der Waals surface area (Å²) in [5, 5.41) is 27.3. The van der Waals surface area contributed by atoms with Gasteiger partial charge in [-0.2, -0.15) is 10.4 Å². The first-order chi connectivity index (χ1) is 15.2. The molecule has 2 atom stereocenters. The fourth-order valence-corrected chi connectivity index (χ4v) is 3.70. The molecule has 4 rings (SSSR count). The maximum Gasteiger partial charge on any atom is 0.237 e. The van der Waals surface area contributed by atoms with Crippen molar-refractivity contribution in [1.29, 1.82) is 5.26 Å². The van der Waals surface area contributed by atoms with Crippen LogP contribution < -0.4 is 15.2 Å². The largest absolute Gasteiger partial charge is 0.470 e. The molecular weight excluding hydrogens is 392 g/mol. The number of ether oxygens (including phenoxy) is 2. The number of rotatable bonds is 7. The van der Waals surface area contributed by atoms with Crippen molar-refractivity contribution in [3.63, 3.8) is 0 Å². The third kappa shape index (κ3) is 5.00. The van der Waals surface area contributed by atoms with Crippen LogP contribution in [0.2, 0.25) is 0 Å². The van der Waals surface area contributed by atoms with Gasteiger partial charge in [0.05, 0.1) is 23.9 Å². The number of aliphatic hydroxyl groups excluding tert-OH is 1. The van der Waals surface area contributed by atoms with Gasteiger partial charge < -0.3 is 20.3 Å². The normalized spacial score (nSPS) is 17.8. The zero-order valence-electron chi connectivity index (χ0n) is 17.1. The molecule has 31 heavy (non-hydrogen) atoms. The van der Waals surface area contributed by atoms with E-state index in [0.717, 1.165) is 42.4 Å². The topological polar surface area (TPSA) is 114 Å². The van der Waals surface area contributed by atoms with Gasteiger partial charge in [0.25, 0.3) is 0 Å². The molecule has 1 aliphatic carbocycles. The molecule has 1 aromatic heterocycles. The van der Waals surface area contributed by atoms with Gasteiger partial charge in [-0.05, 0) is 61.6 Å². The first-order valence-electron chi connectivity index (χ1n) is 10.3. The summed E-state index contributed by atoms with van der Waals surface area (Å²) in [4.78, 5) is 0. The molecule has 0 bridgehead atoms. The summed E-state index contributed by atoms with van der Waals surface area (Å²) in [7, 11) is 0. The van der Waals surface area contributed by atoms with Gasteiger partial charge in [-0.1, -0.05) is 24.3 Å². The van der Waals surface area contributed by atoms with E-state index in [-0.39, 0.29) is 6.10 Å². The van der Waals surface area contributed by atoms with Crippen LogP contribution >= 0.6 is 0 Å². The monoisotopic (exact) mass is 416 g/mol. The predicted octanol–water partition coefficient (Wildman–Crippen LogP) is 3.60. The lowest BCUT2D eigenvalue weighted by Crippen LogP contribution is -2.26. The van der Waals surface area contributed by atoms with Crippen LogP contribution in [-0.2, 0) is 6.42 Å². The van der Waals surface area contributed by atoms with Gasteiger partial charge in [-0.3, -0.25) is 0 Å². The average Bonchev–Trinajstić information content (AvgIpc) is 3.19. The predicted molar refractivity (Wildman–Crippen MR) is 116 cm³/mol. The van der Waals surface area contributed by atoms with Crippen LogP contribution in [0.4, 0.5) is 0 Å². The van der Waals surface area contributed by atoms with E-state index < -0.39 is 6.10 Å². The van der Waals surface area contributed by atoms with Crippen molar-refractivity contribution in [2.75, 3.05) is 6.54 Å². The van der Waals surface area contributed by atoms with Crippen molar-refractivity contribution in [2.24, 2.45) is 5.73 Å². The molecule has 0 amide bonds. The summed E-state index contributed by atoms with van der Waals surface area (Å²) >= 11 is 0. The maximum absolute atomic E-state index is 9.99. The molecule has 3 N–H and O–H groups in total. The highest BCUT2D eigenvalue weighted by molar-refractivity contribution is 5.72. The van der Waals surface area contributed by atoms with Gasteiger partial charge in [-0.15, -0.1) is 5.10 Å². The van der Waals surface area contributed by atoms with E-state index in [1.54, 1.807) is 18.2 Å². The molecule has 1 saturated carbocycles. The van der Waals surface area contributed by atoms with Crippen molar-refractivity contribution in [3.8, 4) is 34.6 Å². The highest BCUT2D eigenvalue weighted by Gasteiger charge is 2.27.